The van der Waals surface area contributed by atoms with Crippen LogP contribution in [-0.2, 0) is 19.5 Å². The normalized spacial score (nSPS) is 13.0. The van der Waals surface area contributed by atoms with Crippen LogP contribution in [0.25, 0.3) is 73.3 Å². The second kappa shape index (κ2) is 14.1. The average Bonchev–Trinajstić information content (AvgIpc) is 3.87. The third-order valence-corrected chi connectivity index (χ3v) is 12.6. The molecule has 0 unspecified atom stereocenters. The second-order valence-electron chi connectivity index (χ2n) is 16.1. The first-order chi connectivity index (χ1) is 28.7. The molecule has 1 aliphatic carbocycles. The van der Waals surface area contributed by atoms with Crippen molar-refractivity contribution in [1.82, 2.24) is 19.1 Å². The van der Waals surface area contributed by atoms with Crippen molar-refractivity contribution in [2.75, 3.05) is 0 Å². The lowest BCUT2D eigenvalue weighted by Crippen LogP contribution is -2.28. The highest BCUT2D eigenvalue weighted by Crippen LogP contribution is 2.57. The van der Waals surface area contributed by atoms with Crippen LogP contribution in [0.5, 0.6) is 0 Å². The van der Waals surface area contributed by atoms with Gasteiger partial charge in [0.2, 0.25) is 0 Å². The lowest BCUT2D eigenvalue weighted by Gasteiger charge is -2.34. The molecule has 0 aliphatic heterocycles. The molecule has 7 aromatic carbocycles. The van der Waals surface area contributed by atoms with Crippen molar-refractivity contribution in [1.29, 1.82) is 0 Å². The highest BCUT2D eigenvalue weighted by atomic mass is 15.1. The maximum atomic E-state index is 4.97. The largest absolute Gasteiger partial charge is 0.331 e. The Balaban J connectivity index is 1.12. The first-order valence-corrected chi connectivity index (χ1v) is 20.5. The van der Waals surface area contributed by atoms with Gasteiger partial charge in [-0.2, -0.15) is 0 Å². The molecule has 2 heterocycles. The van der Waals surface area contributed by atoms with Gasteiger partial charge in [0.25, 0.3) is 0 Å². The molecule has 4 nitrogen and oxygen atoms in total. The molecule has 0 atom stereocenters. The molecule has 1 aliphatic rings. The molecule has 59 heavy (non-hydrogen) atoms. The zero-order valence-corrected chi connectivity index (χ0v) is 34.5. The van der Waals surface area contributed by atoms with E-state index in [1.165, 1.54) is 66.8 Å². The molecular weight excluding hydrogens is 717 g/mol. The number of hydrogen-bond acceptors (Lipinski definition) is 2. The van der Waals surface area contributed by atoms with Crippen molar-refractivity contribution in [2.24, 2.45) is 14.1 Å². The lowest BCUT2D eigenvalue weighted by atomic mass is 9.67. The highest BCUT2D eigenvalue weighted by molar-refractivity contribution is 5.90. The van der Waals surface area contributed by atoms with Crippen LogP contribution in [0.3, 0.4) is 0 Å². The summed E-state index contributed by atoms with van der Waals surface area (Å²) in [4.78, 5) is 9.94. The van der Waals surface area contributed by atoms with E-state index in [0.717, 1.165) is 45.2 Å². The van der Waals surface area contributed by atoms with Gasteiger partial charge in [-0.3, -0.25) is 0 Å². The van der Waals surface area contributed by atoms with Crippen molar-refractivity contribution >= 4 is 17.1 Å². The van der Waals surface area contributed by atoms with Crippen LogP contribution < -0.4 is 0 Å². The summed E-state index contributed by atoms with van der Waals surface area (Å²) in [6, 6.07) is 58.7. The van der Waals surface area contributed by atoms with Crippen LogP contribution in [0.15, 0.2) is 164 Å². The Labute approximate surface area is 346 Å². The number of nitrogens with zero attached hydrogens (tertiary/aromatic N) is 4. The summed E-state index contributed by atoms with van der Waals surface area (Å²) < 4.78 is 4.36. The van der Waals surface area contributed by atoms with Crippen LogP contribution in [-0.4, -0.2) is 19.1 Å². The van der Waals surface area contributed by atoms with Gasteiger partial charge in [-0.15, -0.1) is 0 Å². The monoisotopic (exact) mass is 762 g/mol. The minimum Gasteiger partial charge on any atom is -0.331 e. The number of aromatic nitrogens is 4. The van der Waals surface area contributed by atoms with Crippen molar-refractivity contribution in [2.45, 2.75) is 33.1 Å². The summed E-state index contributed by atoms with van der Waals surface area (Å²) in [5, 5.41) is 0. The van der Waals surface area contributed by atoms with Crippen LogP contribution in [0.2, 0.25) is 0 Å². The van der Waals surface area contributed by atoms with Gasteiger partial charge in [0.15, 0.2) is 0 Å². The van der Waals surface area contributed by atoms with Crippen molar-refractivity contribution in [3.05, 3.63) is 209 Å². The molecular formula is C55H46N4. The fourth-order valence-corrected chi connectivity index (χ4v) is 9.28. The Bertz CT molecular complexity index is 3020. The van der Waals surface area contributed by atoms with Crippen LogP contribution in [0.1, 0.15) is 51.7 Å². The molecule has 10 rings (SSSR count). The van der Waals surface area contributed by atoms with Crippen LogP contribution in [0, 0.1) is 20.8 Å². The summed E-state index contributed by atoms with van der Waals surface area (Å²) in [6.45, 7) is 8.50. The molecule has 0 bridgehead atoms. The Kier molecular flexibility index (Phi) is 8.68. The number of fused-ring (bicyclic) bond motifs is 4. The predicted molar refractivity (Wildman–Crippen MR) is 245 cm³/mol. The maximum absolute atomic E-state index is 4.97. The molecule has 0 saturated heterocycles. The number of hydrogen-bond donors (Lipinski definition) is 0. The van der Waals surface area contributed by atoms with Crippen molar-refractivity contribution in [3.8, 4) is 56.2 Å². The topological polar surface area (TPSA) is 35.6 Å². The van der Waals surface area contributed by atoms with E-state index in [1.54, 1.807) is 0 Å². The number of imidazole rings is 2. The van der Waals surface area contributed by atoms with Gasteiger partial charge in [0, 0.05) is 30.9 Å². The van der Waals surface area contributed by atoms with Crippen LogP contribution >= 0.6 is 0 Å². The quantitative estimate of drug-likeness (QED) is 0.162. The van der Waals surface area contributed by atoms with Crippen molar-refractivity contribution in [3.63, 3.8) is 0 Å². The SMILES string of the molecule is C/C=C\c1nc(-c2ccc(-c3ccc4c(c3)C(c3ccc(C)cc3)(c3ccc(C)cc3)c3cc(-c5ccc(-c6nc7ccccc7n6C)cc5)ccc3-4)cc2)n(C)c1C. The average molecular weight is 763 g/mol. The van der Waals surface area contributed by atoms with E-state index in [9.17, 15) is 0 Å². The van der Waals surface area contributed by atoms with Gasteiger partial charge in [-0.25, -0.2) is 9.97 Å². The number of para-hydroxylation sites is 2. The zero-order valence-electron chi connectivity index (χ0n) is 34.5. The summed E-state index contributed by atoms with van der Waals surface area (Å²) >= 11 is 0. The fraction of sp³-hybridized carbons (Fsp3) is 0.127. The molecule has 0 radical (unpaired) electrons. The van der Waals surface area contributed by atoms with Crippen LogP contribution in [0.4, 0.5) is 0 Å². The Morgan fingerprint density at radius 3 is 1.42 bits per heavy atom. The summed E-state index contributed by atoms with van der Waals surface area (Å²) in [5.74, 6) is 1.94. The van der Waals surface area contributed by atoms with E-state index in [0.29, 0.717) is 0 Å². The number of allylic oxidation sites excluding steroid dienone is 1. The minimum atomic E-state index is -0.543. The van der Waals surface area contributed by atoms with E-state index in [1.807, 2.05) is 19.1 Å². The third kappa shape index (κ3) is 5.81. The minimum absolute atomic E-state index is 0.543. The maximum Gasteiger partial charge on any atom is 0.140 e. The van der Waals surface area contributed by atoms with Gasteiger partial charge in [0.05, 0.1) is 22.1 Å². The van der Waals surface area contributed by atoms with Gasteiger partial charge < -0.3 is 9.13 Å². The van der Waals surface area contributed by atoms with Gasteiger partial charge in [0.1, 0.15) is 11.6 Å². The fourth-order valence-electron chi connectivity index (χ4n) is 9.28. The second-order valence-corrected chi connectivity index (χ2v) is 16.1. The first-order valence-electron chi connectivity index (χ1n) is 20.5. The first kappa shape index (κ1) is 36.3. The standard InChI is InChI=1S/C55H46N4/c1-7-10-50-37(4)58(5)53(56-50)40-21-17-38(18-22-40)42-25-31-46-47-32-26-43(39-19-23-41(24-20-39)54-57-51-11-8-9-12-52(51)59(54)6)34-49(47)55(48(46)33-42,44-27-13-35(2)14-28-44)45-29-15-36(3)16-30-45/h7-34H,1-6H3/b10-7-. The van der Waals surface area contributed by atoms with E-state index < -0.39 is 5.41 Å². The Morgan fingerprint density at radius 1 is 0.475 bits per heavy atom. The third-order valence-electron chi connectivity index (χ3n) is 12.6. The molecule has 0 saturated carbocycles. The summed E-state index contributed by atoms with van der Waals surface area (Å²) in [6.07, 6.45) is 4.12. The molecule has 0 fully saturated rings. The zero-order chi connectivity index (χ0) is 40.4. The molecule has 2 aromatic heterocycles. The number of rotatable bonds is 7. The summed E-state index contributed by atoms with van der Waals surface area (Å²) in [5.41, 5.74) is 20.8. The van der Waals surface area contributed by atoms with E-state index in [4.69, 9.17) is 9.97 Å². The lowest BCUT2D eigenvalue weighted by molar-refractivity contribution is 0.768. The smallest absolute Gasteiger partial charge is 0.140 e. The van der Waals surface area contributed by atoms with Crippen molar-refractivity contribution < 1.29 is 0 Å². The molecule has 0 amide bonds. The molecule has 0 N–H and O–H groups in total. The van der Waals surface area contributed by atoms with Gasteiger partial charge >= 0.3 is 0 Å². The number of benzene rings is 7. The highest BCUT2D eigenvalue weighted by Gasteiger charge is 2.46. The molecule has 9 aromatic rings. The van der Waals surface area contributed by atoms with E-state index in [-0.39, 0.29) is 0 Å². The molecule has 4 heteroatoms. The summed E-state index contributed by atoms with van der Waals surface area (Å²) in [7, 11) is 4.19. The Hall–Kier alpha value is -7.04. The van der Waals surface area contributed by atoms with Gasteiger partial charge in [-0.05, 0) is 114 Å². The number of aryl methyl sites for hydroxylation is 3. The molecule has 286 valence electrons. The predicted octanol–water partition coefficient (Wildman–Crippen LogP) is 13.3. The van der Waals surface area contributed by atoms with E-state index in [2.05, 4.69) is 202 Å². The Morgan fingerprint density at radius 2 is 0.932 bits per heavy atom. The van der Waals surface area contributed by atoms with E-state index >= 15 is 0 Å². The van der Waals surface area contributed by atoms with Gasteiger partial charge in [-0.1, -0.05) is 151 Å². The molecule has 0 spiro atoms.